The molecule has 1 aromatic carbocycles. The number of nitrogens with one attached hydrogen (secondary N) is 1. The minimum atomic E-state index is -0.267. The molecule has 7 heteroatoms. The van der Waals surface area contributed by atoms with Crippen molar-refractivity contribution >= 4 is 55.2 Å². The van der Waals surface area contributed by atoms with Gasteiger partial charge < -0.3 is 5.32 Å². The maximum Gasteiger partial charge on any atom is 0.277 e. The highest BCUT2D eigenvalue weighted by atomic mass is 79.9. The summed E-state index contributed by atoms with van der Waals surface area (Å²) in [6.07, 6.45) is 1.44. The zero-order chi connectivity index (χ0) is 11.5. The van der Waals surface area contributed by atoms with E-state index in [-0.39, 0.29) is 5.91 Å². The molecule has 1 amide bonds. The summed E-state index contributed by atoms with van der Waals surface area (Å²) in [6.45, 7) is 0. The van der Waals surface area contributed by atoms with Gasteiger partial charge in [0.1, 0.15) is 0 Å². The fraction of sp³-hybridized carbons (Fsp3) is 0. The smallest absolute Gasteiger partial charge is 0.277 e. The molecule has 4 nitrogen and oxygen atoms in total. The molecule has 0 fully saturated rings. The molecule has 16 heavy (non-hydrogen) atoms. The van der Waals surface area contributed by atoms with Crippen LogP contribution in [0.15, 0.2) is 33.3 Å². The van der Waals surface area contributed by atoms with Gasteiger partial charge in [0.25, 0.3) is 5.91 Å². The standard InChI is InChI=1S/C9H5Br2N3OS/c10-5-1-2-7(6(11)3-5)13-9(15)8-4-12-16-14-8/h1-4H,(H,13,15). The Morgan fingerprint density at radius 1 is 1.38 bits per heavy atom. The number of rotatable bonds is 2. The van der Waals surface area contributed by atoms with Crippen molar-refractivity contribution in [2.24, 2.45) is 0 Å². The molecule has 1 N–H and O–H groups in total. The average molecular weight is 363 g/mol. The highest BCUT2D eigenvalue weighted by Crippen LogP contribution is 2.26. The Hall–Kier alpha value is -0.790. The summed E-state index contributed by atoms with van der Waals surface area (Å²) in [6, 6.07) is 5.50. The number of aromatic nitrogens is 2. The van der Waals surface area contributed by atoms with Gasteiger partial charge in [0, 0.05) is 8.95 Å². The zero-order valence-corrected chi connectivity index (χ0v) is 11.8. The summed E-state index contributed by atoms with van der Waals surface area (Å²) in [5.41, 5.74) is 1.01. The molecule has 1 heterocycles. The van der Waals surface area contributed by atoms with Crippen molar-refractivity contribution in [3.63, 3.8) is 0 Å². The third-order valence-electron chi connectivity index (χ3n) is 1.77. The number of amides is 1. The van der Waals surface area contributed by atoms with Crippen LogP contribution in [0.3, 0.4) is 0 Å². The zero-order valence-electron chi connectivity index (χ0n) is 7.78. The first kappa shape index (κ1) is 11.7. The quantitative estimate of drug-likeness (QED) is 0.891. The van der Waals surface area contributed by atoms with Gasteiger partial charge in [0.15, 0.2) is 5.69 Å². The van der Waals surface area contributed by atoms with Gasteiger partial charge in [-0.15, -0.1) is 0 Å². The molecule has 82 valence electrons. The summed E-state index contributed by atoms with van der Waals surface area (Å²) in [7, 11) is 0. The van der Waals surface area contributed by atoms with Crippen LogP contribution in [-0.2, 0) is 0 Å². The highest BCUT2D eigenvalue weighted by Gasteiger charge is 2.10. The Labute approximate surface area is 113 Å². The second-order valence-electron chi connectivity index (χ2n) is 2.87. The van der Waals surface area contributed by atoms with Gasteiger partial charge in [-0.2, -0.15) is 8.75 Å². The summed E-state index contributed by atoms with van der Waals surface area (Å²) < 4.78 is 9.37. The predicted molar refractivity (Wildman–Crippen MR) is 69.7 cm³/mol. The van der Waals surface area contributed by atoms with E-state index in [1.807, 2.05) is 12.1 Å². The third kappa shape index (κ3) is 2.66. The van der Waals surface area contributed by atoms with Crippen LogP contribution in [0.1, 0.15) is 10.5 Å². The van der Waals surface area contributed by atoms with Crippen LogP contribution in [0, 0.1) is 0 Å². The fourth-order valence-electron chi connectivity index (χ4n) is 1.04. The number of nitrogens with zero attached hydrogens (tertiary/aromatic N) is 2. The van der Waals surface area contributed by atoms with E-state index in [0.29, 0.717) is 11.4 Å². The Kier molecular flexibility index (Phi) is 3.67. The van der Waals surface area contributed by atoms with E-state index in [2.05, 4.69) is 45.9 Å². The van der Waals surface area contributed by atoms with Crippen molar-refractivity contribution in [2.45, 2.75) is 0 Å². The van der Waals surface area contributed by atoms with Gasteiger partial charge in [-0.3, -0.25) is 4.79 Å². The molecule has 0 saturated heterocycles. The molecular weight excluding hydrogens is 358 g/mol. The highest BCUT2D eigenvalue weighted by molar-refractivity contribution is 9.11. The van der Waals surface area contributed by atoms with E-state index in [1.54, 1.807) is 6.07 Å². The monoisotopic (exact) mass is 361 g/mol. The van der Waals surface area contributed by atoms with E-state index in [0.717, 1.165) is 20.7 Å². The molecule has 0 aliphatic carbocycles. The molecule has 0 aliphatic rings. The molecule has 1 aromatic heterocycles. The summed E-state index contributed by atoms with van der Waals surface area (Å²) in [5, 5.41) is 2.74. The Balaban J connectivity index is 2.18. The third-order valence-corrected chi connectivity index (χ3v) is 3.40. The Morgan fingerprint density at radius 2 is 2.19 bits per heavy atom. The second kappa shape index (κ2) is 5.03. The molecular formula is C9H5Br2N3OS. The topological polar surface area (TPSA) is 54.9 Å². The SMILES string of the molecule is O=C(Nc1ccc(Br)cc1Br)c1cnsn1. The van der Waals surface area contributed by atoms with Gasteiger partial charge in [-0.25, -0.2) is 0 Å². The van der Waals surface area contributed by atoms with Gasteiger partial charge in [-0.05, 0) is 34.1 Å². The van der Waals surface area contributed by atoms with Gasteiger partial charge in [-0.1, -0.05) is 15.9 Å². The number of anilines is 1. The van der Waals surface area contributed by atoms with E-state index in [9.17, 15) is 4.79 Å². The molecule has 0 unspecified atom stereocenters. The van der Waals surface area contributed by atoms with Crippen LogP contribution in [0.2, 0.25) is 0 Å². The minimum absolute atomic E-state index is 0.267. The van der Waals surface area contributed by atoms with Crippen LogP contribution in [0.5, 0.6) is 0 Å². The minimum Gasteiger partial charge on any atom is -0.320 e. The molecule has 0 saturated carbocycles. The summed E-state index contributed by atoms with van der Waals surface area (Å²) >= 11 is 7.70. The van der Waals surface area contributed by atoms with Crippen LogP contribution in [0.25, 0.3) is 0 Å². The predicted octanol–water partition coefficient (Wildman–Crippen LogP) is 3.32. The lowest BCUT2D eigenvalue weighted by Crippen LogP contribution is -2.12. The lowest BCUT2D eigenvalue weighted by molar-refractivity contribution is 0.102. The van der Waals surface area contributed by atoms with Crippen molar-refractivity contribution in [3.05, 3.63) is 39.0 Å². The number of carbonyl (C=O) groups is 1. The molecule has 0 bridgehead atoms. The number of benzene rings is 1. The summed E-state index contributed by atoms with van der Waals surface area (Å²) in [5.74, 6) is -0.267. The van der Waals surface area contributed by atoms with Crippen molar-refractivity contribution in [1.82, 2.24) is 8.75 Å². The fourth-order valence-corrected chi connectivity index (χ4v) is 2.60. The van der Waals surface area contributed by atoms with Crippen LogP contribution in [0.4, 0.5) is 5.69 Å². The van der Waals surface area contributed by atoms with Gasteiger partial charge in [0.05, 0.1) is 23.6 Å². The first-order valence-electron chi connectivity index (χ1n) is 4.21. The van der Waals surface area contributed by atoms with Crippen LogP contribution < -0.4 is 5.32 Å². The normalized spacial score (nSPS) is 10.1. The maximum atomic E-state index is 11.7. The maximum absolute atomic E-state index is 11.7. The first-order chi connectivity index (χ1) is 7.66. The summed E-state index contributed by atoms with van der Waals surface area (Å²) in [4.78, 5) is 11.7. The van der Waals surface area contributed by atoms with Crippen molar-refractivity contribution in [2.75, 3.05) is 5.32 Å². The number of hydrogen-bond acceptors (Lipinski definition) is 4. The van der Waals surface area contributed by atoms with Crippen molar-refractivity contribution < 1.29 is 4.79 Å². The molecule has 0 spiro atoms. The first-order valence-corrected chi connectivity index (χ1v) is 6.52. The molecule has 0 atom stereocenters. The lowest BCUT2D eigenvalue weighted by atomic mass is 10.3. The Morgan fingerprint density at radius 3 is 2.81 bits per heavy atom. The molecule has 0 aliphatic heterocycles. The largest absolute Gasteiger partial charge is 0.320 e. The Bertz CT molecular complexity index is 515. The number of carbonyl (C=O) groups excluding carboxylic acids is 1. The molecule has 2 aromatic rings. The average Bonchev–Trinajstić information content (AvgIpc) is 2.75. The van der Waals surface area contributed by atoms with E-state index < -0.39 is 0 Å². The van der Waals surface area contributed by atoms with E-state index >= 15 is 0 Å². The van der Waals surface area contributed by atoms with Gasteiger partial charge >= 0.3 is 0 Å². The molecule has 2 rings (SSSR count). The van der Waals surface area contributed by atoms with Crippen LogP contribution >= 0.6 is 43.6 Å². The second-order valence-corrected chi connectivity index (χ2v) is 5.20. The lowest BCUT2D eigenvalue weighted by Gasteiger charge is -2.05. The number of halogens is 2. The molecule has 0 radical (unpaired) electrons. The van der Waals surface area contributed by atoms with E-state index in [1.165, 1.54) is 6.20 Å². The van der Waals surface area contributed by atoms with Crippen molar-refractivity contribution in [3.8, 4) is 0 Å². The van der Waals surface area contributed by atoms with Gasteiger partial charge in [0.2, 0.25) is 0 Å². The van der Waals surface area contributed by atoms with E-state index in [4.69, 9.17) is 0 Å². The number of hydrogen-bond donors (Lipinski definition) is 1. The van der Waals surface area contributed by atoms with Crippen LogP contribution in [-0.4, -0.2) is 14.7 Å². The van der Waals surface area contributed by atoms with Crippen molar-refractivity contribution in [1.29, 1.82) is 0 Å².